The Kier molecular flexibility index (Phi) is 4.29. The van der Waals surface area contributed by atoms with Crippen molar-refractivity contribution < 1.29 is 24.1 Å². The molecule has 0 saturated heterocycles. The number of benzene rings is 2. The molecule has 1 aromatic heterocycles. The minimum absolute atomic E-state index is 0.469. The van der Waals surface area contributed by atoms with E-state index >= 15 is 0 Å². The molecule has 1 atom stereocenters. The molecular formula is C20H18N2O5. The van der Waals surface area contributed by atoms with Crippen LogP contribution in [0.5, 0.6) is 23.0 Å². The summed E-state index contributed by atoms with van der Waals surface area (Å²) in [5.41, 5.74) is 2.65. The number of aliphatic hydroxyl groups excluding tert-OH is 1. The third-order valence-electron chi connectivity index (χ3n) is 4.39. The lowest BCUT2D eigenvalue weighted by Gasteiger charge is -2.24. The fourth-order valence-electron chi connectivity index (χ4n) is 3.09. The van der Waals surface area contributed by atoms with Crippen LogP contribution < -0.4 is 18.9 Å². The van der Waals surface area contributed by atoms with Crippen molar-refractivity contribution in [3.8, 4) is 45.6 Å². The molecular weight excluding hydrogens is 348 g/mol. The number of rotatable bonds is 4. The molecule has 7 heteroatoms. The van der Waals surface area contributed by atoms with Crippen LogP contribution in [0.1, 0.15) is 11.9 Å². The van der Waals surface area contributed by atoms with Crippen LogP contribution in [0.2, 0.25) is 0 Å². The van der Waals surface area contributed by atoms with E-state index in [2.05, 4.69) is 9.97 Å². The number of nitrogens with zero attached hydrogens (tertiary/aromatic N) is 2. The third kappa shape index (κ3) is 2.82. The standard InChI is InChI=1S/C20H18N2O5/c1-24-15-8-11(9-16(25-2)18(15)26-3)19-21-10-13-17(22-19)12-6-4-5-7-14(12)27-20(13)23/h4-10,20,23H,1-3H3. The van der Waals surface area contributed by atoms with Gasteiger partial charge in [0.05, 0.1) is 32.6 Å². The fraction of sp³-hybridized carbons (Fsp3) is 0.200. The van der Waals surface area contributed by atoms with Crippen LogP contribution in [0, 0.1) is 0 Å². The van der Waals surface area contributed by atoms with Crippen molar-refractivity contribution in [1.82, 2.24) is 9.97 Å². The van der Waals surface area contributed by atoms with Gasteiger partial charge in [-0.15, -0.1) is 0 Å². The summed E-state index contributed by atoms with van der Waals surface area (Å²) in [5.74, 6) is 2.56. The largest absolute Gasteiger partial charge is 0.493 e. The van der Waals surface area contributed by atoms with Gasteiger partial charge in [-0.1, -0.05) is 12.1 Å². The number of methoxy groups -OCH3 is 3. The summed E-state index contributed by atoms with van der Waals surface area (Å²) in [6.45, 7) is 0. The Balaban J connectivity index is 1.88. The number of fused-ring (bicyclic) bond motifs is 3. The third-order valence-corrected chi connectivity index (χ3v) is 4.39. The fourth-order valence-corrected chi connectivity index (χ4v) is 3.09. The van der Waals surface area contributed by atoms with E-state index in [0.29, 0.717) is 45.6 Å². The van der Waals surface area contributed by atoms with Crippen LogP contribution in [-0.2, 0) is 0 Å². The maximum Gasteiger partial charge on any atom is 0.227 e. The maximum absolute atomic E-state index is 10.2. The summed E-state index contributed by atoms with van der Waals surface area (Å²) in [6.07, 6.45) is 0.463. The van der Waals surface area contributed by atoms with Crippen LogP contribution in [0.15, 0.2) is 42.6 Å². The molecule has 1 N–H and O–H groups in total. The maximum atomic E-state index is 10.2. The van der Waals surface area contributed by atoms with Crippen molar-refractivity contribution in [2.24, 2.45) is 0 Å². The predicted octanol–water partition coefficient (Wildman–Crippen LogP) is 3.22. The molecule has 1 aliphatic rings. The van der Waals surface area contributed by atoms with Crippen LogP contribution in [-0.4, -0.2) is 36.4 Å². The zero-order valence-electron chi connectivity index (χ0n) is 15.1. The molecule has 0 saturated carbocycles. The molecule has 0 spiro atoms. The first-order valence-corrected chi connectivity index (χ1v) is 8.27. The minimum Gasteiger partial charge on any atom is -0.493 e. The number of ether oxygens (including phenoxy) is 4. The molecule has 138 valence electrons. The van der Waals surface area contributed by atoms with Gasteiger partial charge >= 0.3 is 0 Å². The van der Waals surface area contributed by atoms with Gasteiger partial charge in [-0.25, -0.2) is 9.97 Å². The average Bonchev–Trinajstić information content (AvgIpc) is 2.72. The summed E-state index contributed by atoms with van der Waals surface area (Å²) in [5, 5.41) is 10.2. The average molecular weight is 366 g/mol. The number of para-hydroxylation sites is 1. The van der Waals surface area contributed by atoms with Gasteiger partial charge in [-0.3, -0.25) is 0 Å². The molecule has 0 amide bonds. The van der Waals surface area contributed by atoms with Gasteiger partial charge in [0, 0.05) is 17.3 Å². The Morgan fingerprint density at radius 1 is 1.00 bits per heavy atom. The van der Waals surface area contributed by atoms with Gasteiger partial charge in [0.25, 0.3) is 0 Å². The van der Waals surface area contributed by atoms with Gasteiger partial charge in [-0.2, -0.15) is 0 Å². The van der Waals surface area contributed by atoms with Crippen molar-refractivity contribution >= 4 is 0 Å². The monoisotopic (exact) mass is 366 g/mol. The normalized spacial score (nSPS) is 14.6. The van der Waals surface area contributed by atoms with E-state index in [0.717, 1.165) is 5.56 Å². The van der Waals surface area contributed by atoms with Gasteiger partial charge in [-0.05, 0) is 24.3 Å². The first-order valence-electron chi connectivity index (χ1n) is 8.27. The summed E-state index contributed by atoms with van der Waals surface area (Å²) in [7, 11) is 4.66. The minimum atomic E-state index is -1.11. The van der Waals surface area contributed by atoms with Crippen molar-refractivity contribution in [3.63, 3.8) is 0 Å². The smallest absolute Gasteiger partial charge is 0.227 e. The molecule has 0 aliphatic carbocycles. The number of hydrogen-bond donors (Lipinski definition) is 1. The van der Waals surface area contributed by atoms with Crippen LogP contribution in [0.4, 0.5) is 0 Å². The summed E-state index contributed by atoms with van der Waals surface area (Å²) in [6, 6.07) is 11.0. The second kappa shape index (κ2) is 6.77. The molecule has 0 radical (unpaired) electrons. The van der Waals surface area contributed by atoms with Crippen LogP contribution in [0.25, 0.3) is 22.6 Å². The lowest BCUT2D eigenvalue weighted by molar-refractivity contribution is -0.0218. The topological polar surface area (TPSA) is 82.9 Å². The molecule has 7 nitrogen and oxygen atoms in total. The van der Waals surface area contributed by atoms with Crippen molar-refractivity contribution in [1.29, 1.82) is 0 Å². The van der Waals surface area contributed by atoms with E-state index in [-0.39, 0.29) is 0 Å². The van der Waals surface area contributed by atoms with Gasteiger partial charge < -0.3 is 24.1 Å². The summed E-state index contributed by atoms with van der Waals surface area (Å²) in [4.78, 5) is 9.07. The Bertz CT molecular complexity index is 980. The number of hydrogen-bond acceptors (Lipinski definition) is 7. The lowest BCUT2D eigenvalue weighted by atomic mass is 10.0. The molecule has 2 heterocycles. The molecule has 1 unspecified atom stereocenters. The summed E-state index contributed by atoms with van der Waals surface area (Å²) >= 11 is 0. The molecule has 2 aromatic carbocycles. The Morgan fingerprint density at radius 3 is 2.37 bits per heavy atom. The molecule has 27 heavy (non-hydrogen) atoms. The van der Waals surface area contributed by atoms with E-state index in [1.54, 1.807) is 45.7 Å². The highest BCUT2D eigenvalue weighted by Crippen LogP contribution is 2.43. The van der Waals surface area contributed by atoms with E-state index in [4.69, 9.17) is 18.9 Å². The van der Waals surface area contributed by atoms with Crippen molar-refractivity contribution in [3.05, 3.63) is 48.2 Å². The molecule has 3 aromatic rings. The van der Waals surface area contributed by atoms with E-state index in [1.165, 1.54) is 0 Å². The Morgan fingerprint density at radius 2 is 1.70 bits per heavy atom. The first kappa shape index (κ1) is 17.1. The van der Waals surface area contributed by atoms with Gasteiger partial charge in [0.15, 0.2) is 17.3 Å². The molecule has 0 fully saturated rings. The predicted molar refractivity (Wildman–Crippen MR) is 98.1 cm³/mol. The highest BCUT2D eigenvalue weighted by Gasteiger charge is 2.27. The van der Waals surface area contributed by atoms with Crippen LogP contribution in [0.3, 0.4) is 0 Å². The Labute approximate surface area is 156 Å². The highest BCUT2D eigenvalue weighted by molar-refractivity contribution is 5.74. The SMILES string of the molecule is COc1cc(-c2ncc3c(n2)-c2ccccc2OC3O)cc(OC)c1OC. The highest BCUT2D eigenvalue weighted by atomic mass is 16.6. The molecule has 0 bridgehead atoms. The van der Waals surface area contributed by atoms with Crippen LogP contribution >= 0.6 is 0 Å². The quantitative estimate of drug-likeness (QED) is 0.759. The number of aliphatic hydroxyl groups is 1. The van der Waals surface area contributed by atoms with Gasteiger partial charge in [0.2, 0.25) is 12.0 Å². The van der Waals surface area contributed by atoms with E-state index in [9.17, 15) is 5.11 Å². The van der Waals surface area contributed by atoms with Gasteiger partial charge in [0.1, 0.15) is 5.75 Å². The first-order chi connectivity index (χ1) is 13.2. The second-order valence-electron chi connectivity index (χ2n) is 5.88. The Hall–Kier alpha value is -3.32. The van der Waals surface area contributed by atoms with E-state index in [1.807, 2.05) is 18.2 Å². The van der Waals surface area contributed by atoms with E-state index < -0.39 is 6.29 Å². The zero-order chi connectivity index (χ0) is 19.0. The second-order valence-corrected chi connectivity index (χ2v) is 5.88. The molecule has 4 rings (SSSR count). The molecule has 1 aliphatic heterocycles. The number of aromatic nitrogens is 2. The zero-order valence-corrected chi connectivity index (χ0v) is 15.1. The van der Waals surface area contributed by atoms with Crippen molar-refractivity contribution in [2.45, 2.75) is 6.29 Å². The van der Waals surface area contributed by atoms with Crippen molar-refractivity contribution in [2.75, 3.05) is 21.3 Å². The lowest BCUT2D eigenvalue weighted by Crippen LogP contribution is -2.15. The summed E-state index contributed by atoms with van der Waals surface area (Å²) < 4.78 is 21.7.